The van der Waals surface area contributed by atoms with E-state index in [1.807, 2.05) is 6.92 Å². The highest BCUT2D eigenvalue weighted by molar-refractivity contribution is 6.05. The van der Waals surface area contributed by atoms with Gasteiger partial charge >= 0.3 is 0 Å². The Kier molecular flexibility index (Phi) is 6.80. The molecule has 37 heavy (non-hydrogen) atoms. The minimum atomic E-state index is -0.814. The van der Waals surface area contributed by atoms with Crippen molar-refractivity contribution in [2.75, 3.05) is 0 Å². The zero-order chi connectivity index (χ0) is 26.1. The van der Waals surface area contributed by atoms with Gasteiger partial charge < -0.3 is 15.0 Å². The van der Waals surface area contributed by atoms with Crippen molar-refractivity contribution < 1.29 is 18.7 Å². The van der Waals surface area contributed by atoms with Crippen molar-refractivity contribution in [3.63, 3.8) is 0 Å². The molecule has 1 aromatic carbocycles. The van der Waals surface area contributed by atoms with Gasteiger partial charge in [-0.2, -0.15) is 0 Å². The van der Waals surface area contributed by atoms with Crippen LogP contribution in [0.15, 0.2) is 59.9 Å². The molecule has 1 fully saturated rings. The molecule has 0 saturated heterocycles. The number of amides is 1. The molecule has 0 radical (unpaired) electrons. The molecule has 1 saturated carbocycles. The lowest BCUT2D eigenvalue weighted by Gasteiger charge is -2.28. The summed E-state index contributed by atoms with van der Waals surface area (Å²) in [6, 6.07) is 6.86. The van der Waals surface area contributed by atoms with Crippen LogP contribution in [0.3, 0.4) is 0 Å². The Morgan fingerprint density at radius 2 is 1.89 bits per heavy atom. The summed E-state index contributed by atoms with van der Waals surface area (Å²) in [5.41, 5.74) is 1.21. The number of nitrogens with zero attached hydrogens (tertiary/aromatic N) is 3. The molecule has 9 heteroatoms. The third-order valence-electron chi connectivity index (χ3n) is 6.81. The zero-order valence-corrected chi connectivity index (χ0v) is 20.2. The molecule has 5 rings (SSSR count). The highest BCUT2D eigenvalue weighted by Crippen LogP contribution is 2.26. The summed E-state index contributed by atoms with van der Waals surface area (Å²) in [6.45, 7) is 1.42. The quantitative estimate of drug-likeness (QED) is 0.426. The number of carbonyl (C=O) groups is 1. The molecule has 1 aliphatic carbocycles. The Bertz CT molecular complexity index is 1530. The number of hydrogen-bond donors (Lipinski definition) is 2. The van der Waals surface area contributed by atoms with Gasteiger partial charge in [0.2, 0.25) is 0 Å². The first kappa shape index (κ1) is 24.7. The molecule has 3 heterocycles. The van der Waals surface area contributed by atoms with E-state index in [1.54, 1.807) is 18.3 Å². The van der Waals surface area contributed by atoms with Gasteiger partial charge in [0.15, 0.2) is 0 Å². The summed E-state index contributed by atoms with van der Waals surface area (Å²) in [7, 11) is 0. The van der Waals surface area contributed by atoms with Gasteiger partial charge in [0.1, 0.15) is 11.6 Å². The van der Waals surface area contributed by atoms with Gasteiger partial charge in [-0.15, -0.1) is 0 Å². The first-order chi connectivity index (χ1) is 17.8. The predicted octanol–water partition coefficient (Wildman–Crippen LogP) is 4.13. The highest BCUT2D eigenvalue weighted by Gasteiger charge is 2.26. The molecule has 190 valence electrons. The third kappa shape index (κ3) is 4.99. The van der Waals surface area contributed by atoms with Gasteiger partial charge in [0.05, 0.1) is 35.2 Å². The Morgan fingerprint density at radius 3 is 2.62 bits per heavy atom. The molecular formula is C28H26F2N4O3. The van der Waals surface area contributed by atoms with Crippen molar-refractivity contribution in [2.24, 2.45) is 0 Å². The molecular weight excluding hydrogens is 478 g/mol. The van der Waals surface area contributed by atoms with E-state index in [9.17, 15) is 14.7 Å². The van der Waals surface area contributed by atoms with E-state index >= 15 is 8.78 Å². The molecule has 4 aromatic rings. The molecule has 3 aromatic heterocycles. The Hall–Kier alpha value is -3.98. The van der Waals surface area contributed by atoms with Gasteiger partial charge in [0.25, 0.3) is 11.5 Å². The molecule has 0 aliphatic heterocycles. The number of nitrogens with one attached hydrogen (secondary N) is 1. The standard InChI is InChI=1S/C28H26F2N4O3/c1-16-9-18(13-31-12-16)17-10-22(29)20(23(30)11-17)14-34-15-21(26-19(28(34)37)5-4-8-32-26)27(36)33-24-6-2-3-7-25(24)35/h4-5,8-13,15,24-25,35H,2-3,6-7,14H2,1H3,(H,33,36)/t24-,25-/m0/s1. The van der Waals surface area contributed by atoms with Crippen LogP contribution >= 0.6 is 0 Å². The monoisotopic (exact) mass is 504 g/mol. The summed E-state index contributed by atoms with van der Waals surface area (Å²) in [5, 5.41) is 13.3. The number of aryl methyl sites for hydroxylation is 1. The molecule has 7 nitrogen and oxygen atoms in total. The largest absolute Gasteiger partial charge is 0.391 e. The number of fused-ring (bicyclic) bond motifs is 1. The second-order valence-corrected chi connectivity index (χ2v) is 9.48. The van der Waals surface area contributed by atoms with Gasteiger partial charge in [-0.05, 0) is 61.2 Å². The van der Waals surface area contributed by atoms with Gasteiger partial charge in [-0.1, -0.05) is 12.8 Å². The number of aliphatic hydroxyl groups excluding tert-OH is 1. The fourth-order valence-electron chi connectivity index (χ4n) is 4.84. The Labute approximate surface area is 211 Å². The summed E-state index contributed by atoms with van der Waals surface area (Å²) in [5.74, 6) is -2.14. The van der Waals surface area contributed by atoms with Crippen LogP contribution in [0, 0.1) is 18.6 Å². The molecule has 0 unspecified atom stereocenters. The minimum Gasteiger partial charge on any atom is -0.391 e. The van der Waals surface area contributed by atoms with E-state index in [-0.39, 0.29) is 22.0 Å². The number of carbonyl (C=O) groups excluding carboxylic acids is 1. The van der Waals surface area contributed by atoms with Crippen LogP contribution in [0.4, 0.5) is 8.78 Å². The molecule has 1 amide bonds. The van der Waals surface area contributed by atoms with Crippen molar-refractivity contribution >= 4 is 16.8 Å². The van der Waals surface area contributed by atoms with Crippen LogP contribution in [0.25, 0.3) is 22.0 Å². The van der Waals surface area contributed by atoms with E-state index in [1.165, 1.54) is 36.8 Å². The molecule has 2 N–H and O–H groups in total. The van der Waals surface area contributed by atoms with Crippen molar-refractivity contribution in [2.45, 2.75) is 51.3 Å². The van der Waals surface area contributed by atoms with Crippen molar-refractivity contribution in [1.29, 1.82) is 0 Å². The lowest BCUT2D eigenvalue weighted by atomic mass is 9.92. The summed E-state index contributed by atoms with van der Waals surface area (Å²) >= 11 is 0. The number of aliphatic hydroxyl groups is 1. The fraction of sp³-hybridized carbons (Fsp3) is 0.286. The van der Waals surface area contributed by atoms with E-state index in [2.05, 4.69) is 15.3 Å². The SMILES string of the molecule is Cc1cncc(-c2cc(F)c(Cn3cc(C(=O)N[C@H]4CCCC[C@@H]4O)c4ncccc4c3=O)c(F)c2)c1. The predicted molar refractivity (Wildman–Crippen MR) is 135 cm³/mol. The smallest absolute Gasteiger partial charge is 0.260 e. The van der Waals surface area contributed by atoms with Crippen LogP contribution < -0.4 is 10.9 Å². The number of benzene rings is 1. The maximum absolute atomic E-state index is 15.1. The number of hydrogen-bond acceptors (Lipinski definition) is 5. The maximum Gasteiger partial charge on any atom is 0.260 e. The summed E-state index contributed by atoms with van der Waals surface area (Å²) < 4.78 is 31.4. The second kappa shape index (κ2) is 10.2. The average Bonchev–Trinajstić information content (AvgIpc) is 2.88. The molecule has 1 aliphatic rings. The summed E-state index contributed by atoms with van der Waals surface area (Å²) in [4.78, 5) is 34.7. The molecule has 0 spiro atoms. The van der Waals surface area contributed by atoms with Crippen LogP contribution in [0.1, 0.15) is 47.2 Å². The fourth-order valence-corrected chi connectivity index (χ4v) is 4.84. The topological polar surface area (TPSA) is 97.1 Å². The number of rotatable bonds is 5. The molecule has 0 bridgehead atoms. The van der Waals surface area contributed by atoms with Crippen molar-refractivity contribution in [3.05, 3.63) is 93.8 Å². The van der Waals surface area contributed by atoms with E-state index in [4.69, 9.17) is 0 Å². The third-order valence-corrected chi connectivity index (χ3v) is 6.81. The molecule has 2 atom stereocenters. The second-order valence-electron chi connectivity index (χ2n) is 9.48. The number of halogens is 2. The number of pyridine rings is 3. The zero-order valence-electron chi connectivity index (χ0n) is 20.2. The lowest BCUT2D eigenvalue weighted by Crippen LogP contribution is -2.45. The summed E-state index contributed by atoms with van der Waals surface area (Å²) in [6.07, 6.45) is 8.26. The van der Waals surface area contributed by atoms with E-state index in [0.717, 1.165) is 23.0 Å². The maximum atomic E-state index is 15.1. The van der Waals surface area contributed by atoms with Crippen LogP contribution in [0.2, 0.25) is 0 Å². The normalized spacial score (nSPS) is 17.6. The first-order valence-corrected chi connectivity index (χ1v) is 12.2. The number of aromatic nitrogens is 3. The van der Waals surface area contributed by atoms with Gasteiger partial charge in [-0.3, -0.25) is 19.6 Å². The van der Waals surface area contributed by atoms with Crippen molar-refractivity contribution in [3.8, 4) is 11.1 Å². The lowest BCUT2D eigenvalue weighted by molar-refractivity contribution is 0.0718. The minimum absolute atomic E-state index is 0.0937. The first-order valence-electron chi connectivity index (χ1n) is 12.2. The van der Waals surface area contributed by atoms with Gasteiger partial charge in [0, 0.05) is 35.9 Å². The Balaban J connectivity index is 1.53. The average molecular weight is 505 g/mol. The van der Waals surface area contributed by atoms with Crippen molar-refractivity contribution in [1.82, 2.24) is 19.9 Å². The van der Waals surface area contributed by atoms with E-state index < -0.39 is 41.8 Å². The van der Waals surface area contributed by atoms with Crippen LogP contribution in [0.5, 0.6) is 0 Å². The van der Waals surface area contributed by atoms with Crippen LogP contribution in [-0.2, 0) is 6.54 Å². The van der Waals surface area contributed by atoms with Gasteiger partial charge in [-0.25, -0.2) is 8.78 Å². The van der Waals surface area contributed by atoms with E-state index in [0.29, 0.717) is 24.0 Å². The van der Waals surface area contributed by atoms with Crippen LogP contribution in [-0.4, -0.2) is 37.7 Å². The Morgan fingerprint density at radius 1 is 1.14 bits per heavy atom. The highest BCUT2D eigenvalue weighted by atomic mass is 19.1.